The number of rotatable bonds is 4. The summed E-state index contributed by atoms with van der Waals surface area (Å²) in [4.78, 5) is 10.5. The Morgan fingerprint density at radius 3 is 2.54 bits per heavy atom. The van der Waals surface area contributed by atoms with Gasteiger partial charge in [0.25, 0.3) is 0 Å². The van der Waals surface area contributed by atoms with Crippen molar-refractivity contribution in [2.24, 2.45) is 0 Å². The van der Waals surface area contributed by atoms with Gasteiger partial charge in [0.2, 0.25) is 0 Å². The van der Waals surface area contributed by atoms with E-state index >= 15 is 0 Å². The Balaban J connectivity index is 1.71. The third-order valence-electron chi connectivity index (χ3n) is 5.50. The van der Waals surface area contributed by atoms with E-state index in [1.54, 1.807) is 6.07 Å². The van der Waals surface area contributed by atoms with Crippen molar-refractivity contribution in [3.8, 4) is 0 Å². The quantitative estimate of drug-likeness (QED) is 0.877. The van der Waals surface area contributed by atoms with Crippen LogP contribution in [-0.4, -0.2) is 78.4 Å². The summed E-state index contributed by atoms with van der Waals surface area (Å²) >= 11 is 0. The van der Waals surface area contributed by atoms with Crippen molar-refractivity contribution in [1.29, 1.82) is 0 Å². The zero-order chi connectivity index (χ0) is 18.7. The molecule has 2 aliphatic heterocycles. The molecule has 146 valence electrons. The number of halogens is 3. The van der Waals surface area contributed by atoms with E-state index in [-0.39, 0.29) is 12.6 Å². The van der Waals surface area contributed by atoms with Gasteiger partial charge in [0.05, 0.1) is 0 Å². The van der Waals surface area contributed by atoms with Crippen LogP contribution in [0.3, 0.4) is 0 Å². The van der Waals surface area contributed by atoms with Crippen LogP contribution in [0.2, 0.25) is 0 Å². The molecular weight excluding hydrogens is 345 g/mol. The smallest absolute Gasteiger partial charge is 0.396 e. The number of anilines is 1. The van der Waals surface area contributed by atoms with Crippen LogP contribution in [0.4, 0.5) is 19.0 Å². The maximum Gasteiger partial charge on any atom is 0.433 e. The lowest BCUT2D eigenvalue weighted by molar-refractivity contribution is -0.141. The van der Waals surface area contributed by atoms with Gasteiger partial charge in [-0.05, 0) is 51.5 Å². The van der Waals surface area contributed by atoms with Crippen LogP contribution in [0.25, 0.3) is 0 Å². The maximum absolute atomic E-state index is 12.9. The van der Waals surface area contributed by atoms with Crippen molar-refractivity contribution in [3.05, 3.63) is 23.9 Å². The topological polar surface area (TPSA) is 42.8 Å². The zero-order valence-corrected chi connectivity index (χ0v) is 15.1. The average molecular weight is 372 g/mol. The van der Waals surface area contributed by atoms with E-state index in [9.17, 15) is 18.3 Å². The highest BCUT2D eigenvalue weighted by Crippen LogP contribution is 2.30. The Bertz CT molecular complexity index is 590. The maximum atomic E-state index is 12.9. The lowest BCUT2D eigenvalue weighted by Gasteiger charge is -2.47. The first-order valence-corrected chi connectivity index (χ1v) is 9.23. The monoisotopic (exact) mass is 372 g/mol. The first-order chi connectivity index (χ1) is 12.4. The number of aliphatic hydroxyl groups is 1. The fraction of sp³-hybridized carbons (Fsp3) is 0.722. The van der Waals surface area contributed by atoms with Gasteiger partial charge in [-0.15, -0.1) is 0 Å². The van der Waals surface area contributed by atoms with Crippen LogP contribution < -0.4 is 4.90 Å². The number of likely N-dealkylation sites (tertiary alicyclic amines) is 1. The van der Waals surface area contributed by atoms with Crippen LogP contribution >= 0.6 is 0 Å². The van der Waals surface area contributed by atoms with Crippen LogP contribution in [0.5, 0.6) is 0 Å². The summed E-state index contributed by atoms with van der Waals surface area (Å²) in [6, 6.07) is 4.67. The van der Waals surface area contributed by atoms with Gasteiger partial charge in [-0.2, -0.15) is 13.2 Å². The number of alkyl halides is 3. The molecule has 1 aromatic heterocycles. The molecule has 0 radical (unpaired) electrons. The van der Waals surface area contributed by atoms with E-state index in [0.29, 0.717) is 31.4 Å². The predicted octanol–water partition coefficient (Wildman–Crippen LogP) is 2.07. The van der Waals surface area contributed by atoms with Gasteiger partial charge in [0.1, 0.15) is 11.5 Å². The number of hydrogen-bond acceptors (Lipinski definition) is 5. The summed E-state index contributed by atoms with van der Waals surface area (Å²) in [5, 5.41) is 9.47. The summed E-state index contributed by atoms with van der Waals surface area (Å²) in [6.07, 6.45) is -1.61. The highest BCUT2D eigenvalue weighted by Gasteiger charge is 2.35. The molecule has 0 aliphatic carbocycles. The van der Waals surface area contributed by atoms with Crippen LogP contribution in [-0.2, 0) is 6.18 Å². The molecule has 0 unspecified atom stereocenters. The minimum absolute atomic E-state index is 0.0810. The number of aromatic nitrogens is 1. The molecule has 3 rings (SSSR count). The van der Waals surface area contributed by atoms with E-state index in [0.717, 1.165) is 38.5 Å². The molecule has 0 amide bonds. The number of hydrogen-bond donors (Lipinski definition) is 1. The summed E-state index contributed by atoms with van der Waals surface area (Å²) in [5.74, 6) is 0.366. The lowest BCUT2D eigenvalue weighted by Crippen LogP contribution is -2.58. The van der Waals surface area contributed by atoms with Crippen molar-refractivity contribution in [3.63, 3.8) is 0 Å². The first-order valence-electron chi connectivity index (χ1n) is 9.23. The SMILES string of the molecule is CN1CCC(N2CCN(c3cccc(C(F)(F)F)n3)C[C@@H]2CCO)CC1. The summed E-state index contributed by atoms with van der Waals surface area (Å²) in [7, 11) is 2.12. The Hall–Kier alpha value is -1.38. The molecule has 0 spiro atoms. The minimum Gasteiger partial charge on any atom is -0.396 e. The molecule has 2 aliphatic rings. The van der Waals surface area contributed by atoms with Gasteiger partial charge in [0, 0.05) is 38.3 Å². The molecule has 1 N–H and O–H groups in total. The number of pyridine rings is 1. The molecule has 3 heterocycles. The lowest BCUT2D eigenvalue weighted by atomic mass is 9.98. The molecule has 1 atom stereocenters. The number of piperazine rings is 1. The fourth-order valence-electron chi connectivity index (χ4n) is 4.05. The molecule has 0 saturated carbocycles. The van der Waals surface area contributed by atoms with Crippen molar-refractivity contribution >= 4 is 5.82 Å². The molecule has 5 nitrogen and oxygen atoms in total. The van der Waals surface area contributed by atoms with E-state index in [1.165, 1.54) is 6.07 Å². The van der Waals surface area contributed by atoms with E-state index in [2.05, 4.69) is 21.8 Å². The summed E-state index contributed by atoms with van der Waals surface area (Å²) in [5.41, 5.74) is -0.855. The van der Waals surface area contributed by atoms with Crippen molar-refractivity contribution < 1.29 is 18.3 Å². The highest BCUT2D eigenvalue weighted by molar-refractivity contribution is 5.40. The third kappa shape index (κ3) is 4.47. The van der Waals surface area contributed by atoms with Gasteiger partial charge in [-0.3, -0.25) is 4.90 Å². The number of nitrogens with zero attached hydrogens (tertiary/aromatic N) is 4. The molecule has 2 fully saturated rings. The summed E-state index contributed by atoms with van der Waals surface area (Å²) in [6.45, 7) is 4.25. The van der Waals surface area contributed by atoms with E-state index < -0.39 is 11.9 Å². The second-order valence-corrected chi connectivity index (χ2v) is 7.26. The van der Waals surface area contributed by atoms with Gasteiger partial charge in [0.15, 0.2) is 0 Å². The van der Waals surface area contributed by atoms with Crippen molar-refractivity contribution in [2.75, 3.05) is 51.3 Å². The normalized spacial score (nSPS) is 24.2. The molecule has 0 bridgehead atoms. The van der Waals surface area contributed by atoms with E-state index in [4.69, 9.17) is 0 Å². The molecule has 26 heavy (non-hydrogen) atoms. The second-order valence-electron chi connectivity index (χ2n) is 7.26. The predicted molar refractivity (Wildman–Crippen MR) is 94.2 cm³/mol. The Kier molecular flexibility index (Phi) is 6.04. The molecule has 0 aromatic carbocycles. The molecule has 8 heteroatoms. The molecule has 1 aromatic rings. The Morgan fingerprint density at radius 2 is 1.88 bits per heavy atom. The van der Waals surface area contributed by atoms with Gasteiger partial charge < -0.3 is 14.9 Å². The number of piperidine rings is 1. The average Bonchev–Trinajstić information content (AvgIpc) is 2.62. The highest BCUT2D eigenvalue weighted by atomic mass is 19.4. The van der Waals surface area contributed by atoms with Gasteiger partial charge >= 0.3 is 6.18 Å². The second kappa shape index (κ2) is 8.10. The van der Waals surface area contributed by atoms with Gasteiger partial charge in [-0.1, -0.05) is 6.07 Å². The van der Waals surface area contributed by atoms with Crippen molar-refractivity contribution in [2.45, 2.75) is 37.5 Å². The molecular formula is C18H27F3N4O. The fourth-order valence-corrected chi connectivity index (χ4v) is 4.05. The largest absolute Gasteiger partial charge is 0.433 e. The Morgan fingerprint density at radius 1 is 1.15 bits per heavy atom. The zero-order valence-electron chi connectivity index (χ0n) is 15.1. The number of aliphatic hydroxyl groups excluding tert-OH is 1. The third-order valence-corrected chi connectivity index (χ3v) is 5.50. The summed E-state index contributed by atoms with van der Waals surface area (Å²) < 4.78 is 38.8. The van der Waals surface area contributed by atoms with Gasteiger partial charge in [-0.25, -0.2) is 4.98 Å². The van der Waals surface area contributed by atoms with Crippen LogP contribution in [0.15, 0.2) is 18.2 Å². The standard InChI is InChI=1S/C18H27F3N4O/c1-23-8-5-14(6-9-23)25-11-10-24(13-15(25)7-12-26)17-4-2-3-16(22-17)18(19,20)21/h2-4,14-15,26H,5-13H2,1H3/t15-/m0/s1. The van der Waals surface area contributed by atoms with Crippen LogP contribution in [0, 0.1) is 0 Å². The van der Waals surface area contributed by atoms with Crippen molar-refractivity contribution in [1.82, 2.24) is 14.8 Å². The Labute approximate surface area is 152 Å². The minimum atomic E-state index is -4.43. The first kappa shape index (κ1) is 19.4. The molecule has 2 saturated heterocycles. The van der Waals surface area contributed by atoms with E-state index in [1.807, 2.05) is 4.90 Å². The van der Waals surface area contributed by atoms with Crippen LogP contribution in [0.1, 0.15) is 25.0 Å².